The predicted molar refractivity (Wildman–Crippen MR) is 68.3 cm³/mol. The third-order valence-corrected chi connectivity index (χ3v) is 2.56. The van der Waals surface area contributed by atoms with Gasteiger partial charge in [-0.25, -0.2) is 4.98 Å². The molecule has 0 aliphatic rings. The van der Waals surface area contributed by atoms with Crippen molar-refractivity contribution < 1.29 is 9.94 Å². The van der Waals surface area contributed by atoms with Gasteiger partial charge in [-0.15, -0.1) is 0 Å². The number of nitrogens with two attached hydrogens (primary N) is 1. The Morgan fingerprint density at radius 2 is 2.00 bits per heavy atom. The van der Waals surface area contributed by atoms with Crippen molar-refractivity contribution in [2.24, 2.45) is 10.9 Å². The third-order valence-electron chi connectivity index (χ3n) is 2.20. The zero-order valence-electron chi connectivity index (χ0n) is 9.25. The molecule has 0 saturated heterocycles. The molecular weight excluding hydrogens is 254 g/mol. The molecule has 0 amide bonds. The fourth-order valence-corrected chi connectivity index (χ4v) is 1.59. The molecule has 0 saturated carbocycles. The van der Waals surface area contributed by atoms with Crippen molar-refractivity contribution in [1.29, 1.82) is 0 Å². The van der Waals surface area contributed by atoms with Gasteiger partial charge in [-0.05, 0) is 18.2 Å². The summed E-state index contributed by atoms with van der Waals surface area (Å²) in [7, 11) is 0. The van der Waals surface area contributed by atoms with Gasteiger partial charge < -0.3 is 15.7 Å². The predicted octanol–water partition coefficient (Wildman–Crippen LogP) is 2.62. The van der Waals surface area contributed by atoms with Gasteiger partial charge in [0.25, 0.3) is 0 Å². The number of halogens is 1. The molecule has 0 atom stereocenters. The van der Waals surface area contributed by atoms with E-state index >= 15 is 0 Å². The number of pyridine rings is 1. The molecule has 0 unspecified atom stereocenters. The van der Waals surface area contributed by atoms with E-state index < -0.39 is 0 Å². The lowest BCUT2D eigenvalue weighted by atomic mass is 10.2. The van der Waals surface area contributed by atoms with Crippen molar-refractivity contribution in [3.63, 3.8) is 0 Å². The van der Waals surface area contributed by atoms with E-state index in [2.05, 4.69) is 10.1 Å². The van der Waals surface area contributed by atoms with Crippen LogP contribution in [0.2, 0.25) is 5.02 Å². The highest BCUT2D eigenvalue weighted by molar-refractivity contribution is 6.35. The van der Waals surface area contributed by atoms with Crippen LogP contribution in [-0.2, 0) is 0 Å². The molecule has 92 valence electrons. The standard InChI is InChI=1S/C12H10ClN3O2/c13-10-9(11(14)16-17)6-7-15-12(10)18-8-4-2-1-3-5-8/h1-7,17H,(H2,14,16). The zero-order valence-corrected chi connectivity index (χ0v) is 10.0. The highest BCUT2D eigenvalue weighted by Crippen LogP contribution is 2.29. The van der Waals surface area contributed by atoms with Gasteiger partial charge in [0.1, 0.15) is 10.8 Å². The van der Waals surface area contributed by atoms with Crippen molar-refractivity contribution in [3.05, 3.63) is 53.2 Å². The number of hydrogen-bond donors (Lipinski definition) is 2. The lowest BCUT2D eigenvalue weighted by Gasteiger charge is -2.08. The van der Waals surface area contributed by atoms with E-state index in [1.165, 1.54) is 12.3 Å². The third kappa shape index (κ3) is 2.52. The Hall–Kier alpha value is -2.27. The highest BCUT2D eigenvalue weighted by atomic mass is 35.5. The first-order chi connectivity index (χ1) is 8.72. The first-order valence-corrected chi connectivity index (χ1v) is 5.45. The Bertz CT molecular complexity index is 573. The van der Waals surface area contributed by atoms with Crippen molar-refractivity contribution in [2.75, 3.05) is 0 Å². The number of rotatable bonds is 3. The SMILES string of the molecule is N/C(=N/O)c1ccnc(Oc2ccccc2)c1Cl. The second-order valence-electron chi connectivity index (χ2n) is 3.38. The van der Waals surface area contributed by atoms with E-state index in [9.17, 15) is 0 Å². The monoisotopic (exact) mass is 263 g/mol. The van der Waals surface area contributed by atoms with Gasteiger partial charge >= 0.3 is 0 Å². The van der Waals surface area contributed by atoms with Crippen LogP contribution in [0.1, 0.15) is 5.56 Å². The molecule has 1 aromatic carbocycles. The average molecular weight is 264 g/mol. The van der Waals surface area contributed by atoms with Gasteiger partial charge in [0.15, 0.2) is 5.84 Å². The van der Waals surface area contributed by atoms with Gasteiger partial charge in [0, 0.05) is 11.8 Å². The van der Waals surface area contributed by atoms with Crippen LogP contribution in [0.4, 0.5) is 0 Å². The lowest BCUT2D eigenvalue weighted by molar-refractivity contribution is 0.318. The number of oxime groups is 1. The lowest BCUT2D eigenvalue weighted by Crippen LogP contribution is -2.14. The largest absolute Gasteiger partial charge is 0.438 e. The zero-order chi connectivity index (χ0) is 13.0. The number of amidine groups is 1. The fourth-order valence-electron chi connectivity index (χ4n) is 1.35. The first kappa shape index (κ1) is 12.2. The van der Waals surface area contributed by atoms with Crippen LogP contribution >= 0.6 is 11.6 Å². The summed E-state index contributed by atoms with van der Waals surface area (Å²) in [5, 5.41) is 11.7. The van der Waals surface area contributed by atoms with Gasteiger partial charge in [0.2, 0.25) is 5.88 Å². The van der Waals surface area contributed by atoms with Crippen LogP contribution in [0.3, 0.4) is 0 Å². The highest BCUT2D eigenvalue weighted by Gasteiger charge is 2.12. The van der Waals surface area contributed by atoms with Crippen LogP contribution in [0, 0.1) is 0 Å². The second-order valence-corrected chi connectivity index (χ2v) is 3.76. The molecule has 0 bridgehead atoms. The summed E-state index contributed by atoms with van der Waals surface area (Å²) in [6, 6.07) is 10.6. The summed E-state index contributed by atoms with van der Waals surface area (Å²) in [6.07, 6.45) is 1.47. The van der Waals surface area contributed by atoms with E-state index in [0.29, 0.717) is 11.3 Å². The van der Waals surface area contributed by atoms with Gasteiger partial charge in [-0.2, -0.15) is 0 Å². The number of para-hydroxylation sites is 1. The number of aromatic nitrogens is 1. The summed E-state index contributed by atoms with van der Waals surface area (Å²) in [5.74, 6) is 0.704. The molecule has 0 aliphatic heterocycles. The maximum Gasteiger partial charge on any atom is 0.238 e. The van der Waals surface area contributed by atoms with Crippen LogP contribution in [-0.4, -0.2) is 16.0 Å². The summed E-state index contributed by atoms with van der Waals surface area (Å²) in [5.41, 5.74) is 5.85. The van der Waals surface area contributed by atoms with Crippen LogP contribution < -0.4 is 10.5 Å². The van der Waals surface area contributed by atoms with Crippen molar-refractivity contribution in [3.8, 4) is 11.6 Å². The summed E-state index contributed by atoms with van der Waals surface area (Å²) in [6.45, 7) is 0. The minimum Gasteiger partial charge on any atom is -0.438 e. The van der Waals surface area contributed by atoms with E-state index in [4.69, 9.17) is 27.3 Å². The molecule has 1 heterocycles. The fraction of sp³-hybridized carbons (Fsp3) is 0. The van der Waals surface area contributed by atoms with Gasteiger partial charge in [0.05, 0.1) is 0 Å². The Balaban J connectivity index is 2.35. The smallest absolute Gasteiger partial charge is 0.238 e. The number of hydrogen-bond acceptors (Lipinski definition) is 4. The van der Waals surface area contributed by atoms with Crippen LogP contribution in [0.15, 0.2) is 47.8 Å². The number of ether oxygens (including phenoxy) is 1. The summed E-state index contributed by atoms with van der Waals surface area (Å²) in [4.78, 5) is 4.00. The Morgan fingerprint density at radius 1 is 1.28 bits per heavy atom. The van der Waals surface area contributed by atoms with Gasteiger partial charge in [-0.3, -0.25) is 0 Å². The molecule has 0 spiro atoms. The normalized spacial score (nSPS) is 11.3. The second kappa shape index (κ2) is 5.37. The maximum absolute atomic E-state index is 8.64. The minimum atomic E-state index is -0.0969. The number of nitrogens with zero attached hydrogens (tertiary/aromatic N) is 2. The Labute approximate surface area is 108 Å². The van der Waals surface area contributed by atoms with E-state index in [1.807, 2.05) is 18.2 Å². The first-order valence-electron chi connectivity index (χ1n) is 5.07. The van der Waals surface area contributed by atoms with Crippen molar-refractivity contribution >= 4 is 17.4 Å². The maximum atomic E-state index is 8.64. The molecule has 0 aliphatic carbocycles. The van der Waals surface area contributed by atoms with E-state index in [-0.39, 0.29) is 16.7 Å². The quantitative estimate of drug-likeness (QED) is 0.386. The summed E-state index contributed by atoms with van der Waals surface area (Å²) < 4.78 is 5.51. The van der Waals surface area contributed by atoms with Crippen LogP contribution in [0.25, 0.3) is 0 Å². The van der Waals surface area contributed by atoms with E-state index in [0.717, 1.165) is 0 Å². The van der Waals surface area contributed by atoms with E-state index in [1.54, 1.807) is 12.1 Å². The molecule has 1 aromatic heterocycles. The van der Waals surface area contributed by atoms with Crippen LogP contribution in [0.5, 0.6) is 11.6 Å². The van der Waals surface area contributed by atoms with Gasteiger partial charge in [-0.1, -0.05) is 35.0 Å². The van der Waals surface area contributed by atoms with Crippen molar-refractivity contribution in [1.82, 2.24) is 4.98 Å². The number of benzene rings is 1. The topological polar surface area (TPSA) is 80.7 Å². The Kier molecular flexibility index (Phi) is 3.64. The molecule has 3 N–H and O–H groups in total. The molecule has 0 radical (unpaired) electrons. The average Bonchev–Trinajstić information content (AvgIpc) is 2.41. The molecule has 6 heteroatoms. The molecule has 0 fully saturated rings. The minimum absolute atomic E-state index is 0.0969. The molecule has 2 aromatic rings. The Morgan fingerprint density at radius 3 is 2.67 bits per heavy atom. The molecular formula is C12H10ClN3O2. The summed E-state index contributed by atoms with van der Waals surface area (Å²) >= 11 is 6.07. The molecule has 18 heavy (non-hydrogen) atoms. The molecule has 2 rings (SSSR count). The molecule has 5 nitrogen and oxygen atoms in total. The van der Waals surface area contributed by atoms with Crippen molar-refractivity contribution in [2.45, 2.75) is 0 Å².